The van der Waals surface area contributed by atoms with Crippen LogP contribution in [0.5, 0.6) is 11.5 Å². The lowest BCUT2D eigenvalue weighted by molar-refractivity contribution is -0.123. The monoisotopic (exact) mass is 488 g/mol. The van der Waals surface area contributed by atoms with E-state index in [9.17, 15) is 13.2 Å². The number of carbonyl (C=O) groups is 1. The molecular weight excluding hydrogens is 452 g/mol. The molecule has 0 bridgehead atoms. The summed E-state index contributed by atoms with van der Waals surface area (Å²) in [6, 6.07) is 13.3. The van der Waals surface area contributed by atoms with Crippen LogP contribution in [0.25, 0.3) is 0 Å². The van der Waals surface area contributed by atoms with Gasteiger partial charge in [-0.2, -0.15) is 0 Å². The highest BCUT2D eigenvalue weighted by Crippen LogP contribution is 2.42. The maximum absolute atomic E-state index is 13.6. The van der Waals surface area contributed by atoms with E-state index >= 15 is 0 Å². The molecule has 2 aromatic carbocycles. The van der Waals surface area contributed by atoms with Gasteiger partial charge in [0, 0.05) is 12.0 Å². The van der Waals surface area contributed by atoms with Gasteiger partial charge in [0.1, 0.15) is 23.1 Å². The lowest BCUT2D eigenvalue weighted by atomic mass is 9.83. The number of benzene rings is 2. The molecule has 186 valence electrons. The van der Waals surface area contributed by atoms with Crippen LogP contribution in [0.1, 0.15) is 65.0 Å². The van der Waals surface area contributed by atoms with Gasteiger partial charge in [-0.25, -0.2) is 8.42 Å². The van der Waals surface area contributed by atoms with E-state index in [2.05, 4.69) is 19.2 Å². The first-order valence-electron chi connectivity index (χ1n) is 12.0. The number of hydrogen-bond acceptors (Lipinski definition) is 5. The predicted molar refractivity (Wildman–Crippen MR) is 135 cm³/mol. The van der Waals surface area contributed by atoms with Gasteiger partial charge in [0.2, 0.25) is 15.9 Å². The lowest BCUT2D eigenvalue weighted by Gasteiger charge is -2.42. The van der Waals surface area contributed by atoms with Crippen molar-refractivity contribution in [3.63, 3.8) is 0 Å². The molecule has 8 heteroatoms. The fourth-order valence-electron chi connectivity index (χ4n) is 4.61. The Hall–Kier alpha value is -2.74. The first-order valence-corrected chi connectivity index (χ1v) is 13.8. The number of para-hydroxylation sites is 1. The second-order valence-electron chi connectivity index (χ2n) is 8.71. The highest BCUT2D eigenvalue weighted by molar-refractivity contribution is 7.92. The molecule has 34 heavy (non-hydrogen) atoms. The van der Waals surface area contributed by atoms with Crippen molar-refractivity contribution in [1.29, 1.82) is 0 Å². The van der Waals surface area contributed by atoms with E-state index in [1.165, 1.54) is 4.31 Å². The molecule has 1 aliphatic heterocycles. The molecule has 0 aliphatic carbocycles. The fourth-order valence-corrected chi connectivity index (χ4v) is 5.83. The average molecular weight is 489 g/mol. The topological polar surface area (TPSA) is 84.9 Å². The summed E-state index contributed by atoms with van der Waals surface area (Å²) in [4.78, 5) is 13.6. The van der Waals surface area contributed by atoms with Gasteiger partial charge in [-0.05, 0) is 56.5 Å². The van der Waals surface area contributed by atoms with Crippen LogP contribution < -0.4 is 19.1 Å². The second kappa shape index (κ2) is 10.7. The summed E-state index contributed by atoms with van der Waals surface area (Å²) in [5.74, 6) is 1.08. The van der Waals surface area contributed by atoms with E-state index < -0.39 is 16.1 Å². The first kappa shape index (κ1) is 25.9. The Kier molecular flexibility index (Phi) is 8.13. The van der Waals surface area contributed by atoms with Crippen molar-refractivity contribution in [1.82, 2.24) is 5.32 Å². The molecule has 0 unspecified atom stereocenters. The van der Waals surface area contributed by atoms with Gasteiger partial charge in [-0.15, -0.1) is 0 Å². The fraction of sp³-hybridized carbons (Fsp3) is 0.500. The number of nitrogens with one attached hydrogen (secondary N) is 1. The van der Waals surface area contributed by atoms with Crippen molar-refractivity contribution in [3.8, 4) is 11.5 Å². The van der Waals surface area contributed by atoms with E-state index in [4.69, 9.17) is 9.47 Å². The minimum Gasteiger partial charge on any atom is -0.494 e. The largest absolute Gasteiger partial charge is 0.494 e. The molecule has 0 spiro atoms. The standard InChI is InChI=1S/C26H36N2O5S/c1-6-23(28(34(5,30)31)19-14-16-20(17-15-19)32-9-4)25(29)27-22-18-26(7-2,8-3)33-24-13-11-10-12-21(22)24/h10-17,22-23H,6-9,18H2,1-5H3,(H,27,29)/t22-,23-/m0/s1. The maximum atomic E-state index is 13.6. The zero-order valence-corrected chi connectivity index (χ0v) is 21.5. The van der Waals surface area contributed by atoms with Crippen molar-refractivity contribution in [2.24, 2.45) is 0 Å². The maximum Gasteiger partial charge on any atom is 0.244 e. The number of hydrogen-bond donors (Lipinski definition) is 1. The van der Waals surface area contributed by atoms with E-state index in [-0.39, 0.29) is 17.6 Å². The van der Waals surface area contributed by atoms with Crippen LogP contribution in [0.3, 0.4) is 0 Å². The Balaban J connectivity index is 1.92. The van der Waals surface area contributed by atoms with Crippen molar-refractivity contribution >= 4 is 21.6 Å². The quantitative estimate of drug-likeness (QED) is 0.518. The smallest absolute Gasteiger partial charge is 0.244 e. The zero-order valence-electron chi connectivity index (χ0n) is 20.7. The molecule has 1 heterocycles. The Morgan fingerprint density at radius 2 is 1.76 bits per heavy atom. The molecule has 0 saturated heterocycles. The van der Waals surface area contributed by atoms with Crippen LogP contribution in [-0.4, -0.2) is 38.8 Å². The van der Waals surface area contributed by atoms with Gasteiger partial charge < -0.3 is 14.8 Å². The SMILES string of the molecule is CCOc1ccc(N([C@@H](CC)C(=O)N[C@H]2CC(CC)(CC)Oc3ccccc32)S(C)(=O)=O)cc1. The Bertz CT molecular complexity index is 1080. The lowest BCUT2D eigenvalue weighted by Crippen LogP contribution is -2.52. The van der Waals surface area contributed by atoms with Crippen molar-refractivity contribution in [2.45, 2.75) is 71.1 Å². The summed E-state index contributed by atoms with van der Waals surface area (Å²) in [6.45, 7) is 8.38. The van der Waals surface area contributed by atoms with Gasteiger partial charge >= 0.3 is 0 Å². The third-order valence-electron chi connectivity index (χ3n) is 6.53. The second-order valence-corrected chi connectivity index (χ2v) is 10.6. The predicted octanol–water partition coefficient (Wildman–Crippen LogP) is 4.83. The summed E-state index contributed by atoms with van der Waals surface area (Å²) in [5, 5.41) is 3.15. The molecule has 0 fully saturated rings. The summed E-state index contributed by atoms with van der Waals surface area (Å²) >= 11 is 0. The van der Waals surface area contributed by atoms with Crippen LogP contribution in [-0.2, 0) is 14.8 Å². The summed E-state index contributed by atoms with van der Waals surface area (Å²) in [6.07, 6.45) is 3.69. The van der Waals surface area contributed by atoms with Crippen molar-refractivity contribution < 1.29 is 22.7 Å². The van der Waals surface area contributed by atoms with Gasteiger partial charge in [-0.1, -0.05) is 39.0 Å². The van der Waals surface area contributed by atoms with Crippen LogP contribution in [0.4, 0.5) is 5.69 Å². The third-order valence-corrected chi connectivity index (χ3v) is 7.71. The van der Waals surface area contributed by atoms with E-state index in [0.717, 1.165) is 30.4 Å². The van der Waals surface area contributed by atoms with Gasteiger partial charge in [0.25, 0.3) is 0 Å². The molecular formula is C26H36N2O5S. The minimum absolute atomic E-state index is 0.270. The number of anilines is 1. The van der Waals surface area contributed by atoms with Gasteiger partial charge in [-0.3, -0.25) is 9.10 Å². The summed E-state index contributed by atoms with van der Waals surface area (Å²) in [7, 11) is -3.73. The zero-order chi connectivity index (χ0) is 24.9. The van der Waals surface area contributed by atoms with Crippen LogP contribution in [0, 0.1) is 0 Å². The van der Waals surface area contributed by atoms with E-state index in [1.807, 2.05) is 38.1 Å². The molecule has 1 N–H and O–H groups in total. The van der Waals surface area contributed by atoms with Crippen molar-refractivity contribution in [3.05, 3.63) is 54.1 Å². The minimum atomic E-state index is -3.73. The van der Waals surface area contributed by atoms with Gasteiger partial charge in [0.05, 0.1) is 24.6 Å². The third kappa shape index (κ3) is 5.49. The molecule has 7 nitrogen and oxygen atoms in total. The Labute approximate surface area is 203 Å². The highest BCUT2D eigenvalue weighted by Gasteiger charge is 2.40. The van der Waals surface area contributed by atoms with Crippen LogP contribution >= 0.6 is 0 Å². The summed E-state index contributed by atoms with van der Waals surface area (Å²) in [5.41, 5.74) is 0.964. The number of fused-ring (bicyclic) bond motifs is 1. The van der Waals surface area contributed by atoms with E-state index in [0.29, 0.717) is 30.9 Å². The molecule has 0 saturated carbocycles. The first-order chi connectivity index (χ1) is 16.2. The number of rotatable bonds is 10. The number of sulfonamides is 1. The number of nitrogens with zero attached hydrogens (tertiary/aromatic N) is 1. The molecule has 2 atom stereocenters. The molecule has 0 aromatic heterocycles. The number of ether oxygens (including phenoxy) is 2. The Morgan fingerprint density at radius 3 is 2.32 bits per heavy atom. The summed E-state index contributed by atoms with van der Waals surface area (Å²) < 4.78 is 38.7. The van der Waals surface area contributed by atoms with Crippen LogP contribution in [0.2, 0.25) is 0 Å². The molecule has 1 amide bonds. The molecule has 3 rings (SSSR count). The average Bonchev–Trinajstić information content (AvgIpc) is 2.82. The molecule has 1 aliphatic rings. The molecule has 2 aromatic rings. The normalized spacial score (nSPS) is 17.7. The molecule has 0 radical (unpaired) electrons. The Morgan fingerprint density at radius 1 is 1.12 bits per heavy atom. The van der Waals surface area contributed by atoms with Crippen LogP contribution in [0.15, 0.2) is 48.5 Å². The van der Waals surface area contributed by atoms with E-state index in [1.54, 1.807) is 24.3 Å². The van der Waals surface area contributed by atoms with Gasteiger partial charge in [0.15, 0.2) is 0 Å². The number of carbonyl (C=O) groups excluding carboxylic acids is 1. The highest BCUT2D eigenvalue weighted by atomic mass is 32.2. The number of amides is 1. The van der Waals surface area contributed by atoms with Crippen molar-refractivity contribution in [2.75, 3.05) is 17.2 Å².